The molecule has 0 heterocycles. The summed E-state index contributed by atoms with van der Waals surface area (Å²) in [5.74, 6) is 0. The van der Waals surface area contributed by atoms with Crippen LogP contribution in [0.25, 0.3) is 11.1 Å². The molecule has 1 fully saturated rings. The maximum atomic E-state index is 3.47. The van der Waals surface area contributed by atoms with Crippen molar-refractivity contribution in [1.82, 2.24) is 5.32 Å². The number of hydrogen-bond donors (Lipinski definition) is 1. The van der Waals surface area contributed by atoms with Crippen LogP contribution in [0, 0.1) is 13.8 Å². The number of benzene rings is 2. The molecular formula is C18H22ClN. The molecule has 0 atom stereocenters. The zero-order chi connectivity index (χ0) is 13.5. The van der Waals surface area contributed by atoms with Crippen molar-refractivity contribution in [3.8, 4) is 11.1 Å². The van der Waals surface area contributed by atoms with Crippen LogP contribution >= 0.6 is 12.4 Å². The minimum absolute atomic E-state index is 0. The molecule has 0 aliphatic heterocycles. The molecule has 0 saturated heterocycles. The molecule has 106 valence electrons. The van der Waals surface area contributed by atoms with Crippen LogP contribution in [0.2, 0.25) is 0 Å². The lowest BCUT2D eigenvalue weighted by atomic mass is 9.96. The SMILES string of the molecule is CNC1(c2cccc(-c3ccc(C)c(C)c3)c2)CC1.Cl. The summed E-state index contributed by atoms with van der Waals surface area (Å²) in [6, 6.07) is 15.7. The zero-order valence-corrected chi connectivity index (χ0v) is 13.2. The van der Waals surface area contributed by atoms with E-state index in [1.54, 1.807) is 0 Å². The van der Waals surface area contributed by atoms with Crippen LogP contribution in [0.3, 0.4) is 0 Å². The summed E-state index contributed by atoms with van der Waals surface area (Å²) >= 11 is 0. The zero-order valence-electron chi connectivity index (χ0n) is 12.4. The minimum Gasteiger partial charge on any atom is -0.310 e. The molecule has 1 nitrogen and oxygen atoms in total. The van der Waals surface area contributed by atoms with E-state index in [4.69, 9.17) is 0 Å². The molecule has 0 unspecified atom stereocenters. The Labute approximate surface area is 127 Å². The summed E-state index contributed by atoms with van der Waals surface area (Å²) in [4.78, 5) is 0. The van der Waals surface area contributed by atoms with Crippen molar-refractivity contribution in [3.05, 3.63) is 59.2 Å². The largest absolute Gasteiger partial charge is 0.310 e. The van der Waals surface area contributed by atoms with Crippen LogP contribution in [0.5, 0.6) is 0 Å². The highest BCUT2D eigenvalue weighted by Crippen LogP contribution is 2.45. The monoisotopic (exact) mass is 287 g/mol. The van der Waals surface area contributed by atoms with Gasteiger partial charge in [0.15, 0.2) is 0 Å². The first-order valence-corrected chi connectivity index (χ1v) is 7.02. The summed E-state index contributed by atoms with van der Waals surface area (Å²) in [6.45, 7) is 4.34. The molecular weight excluding hydrogens is 266 g/mol. The number of rotatable bonds is 3. The Morgan fingerprint density at radius 3 is 2.20 bits per heavy atom. The van der Waals surface area contributed by atoms with Crippen LogP contribution in [-0.4, -0.2) is 7.05 Å². The molecule has 0 bridgehead atoms. The van der Waals surface area contributed by atoms with Gasteiger partial charge in [0, 0.05) is 5.54 Å². The molecule has 1 saturated carbocycles. The van der Waals surface area contributed by atoms with Gasteiger partial charge in [-0.05, 0) is 67.6 Å². The van der Waals surface area contributed by atoms with Crippen LogP contribution in [0.1, 0.15) is 29.5 Å². The fraction of sp³-hybridized carbons (Fsp3) is 0.333. The van der Waals surface area contributed by atoms with Gasteiger partial charge in [0.25, 0.3) is 0 Å². The van der Waals surface area contributed by atoms with Crippen LogP contribution < -0.4 is 5.32 Å². The second-order valence-corrected chi connectivity index (χ2v) is 5.71. The standard InChI is InChI=1S/C18H21N.ClH/c1-13-7-8-16(11-14(13)2)15-5-4-6-17(12-15)18(19-3)9-10-18;/h4-8,11-12,19H,9-10H2,1-3H3;1H. The normalized spacial score (nSPS) is 15.6. The minimum atomic E-state index is 0. The molecule has 20 heavy (non-hydrogen) atoms. The first-order valence-electron chi connectivity index (χ1n) is 7.02. The summed E-state index contributed by atoms with van der Waals surface area (Å²) in [5.41, 5.74) is 7.02. The summed E-state index contributed by atoms with van der Waals surface area (Å²) in [7, 11) is 2.07. The van der Waals surface area contributed by atoms with E-state index >= 15 is 0 Å². The Morgan fingerprint density at radius 1 is 0.900 bits per heavy atom. The Hall–Kier alpha value is -1.31. The van der Waals surface area contributed by atoms with E-state index < -0.39 is 0 Å². The van der Waals surface area contributed by atoms with E-state index in [-0.39, 0.29) is 17.9 Å². The first kappa shape index (κ1) is 15.1. The molecule has 1 aliphatic carbocycles. The van der Waals surface area contributed by atoms with Crippen LogP contribution in [-0.2, 0) is 5.54 Å². The van der Waals surface area contributed by atoms with E-state index in [1.807, 2.05) is 0 Å². The maximum absolute atomic E-state index is 3.47. The van der Waals surface area contributed by atoms with E-state index in [2.05, 4.69) is 68.7 Å². The molecule has 2 aromatic rings. The van der Waals surface area contributed by atoms with E-state index in [1.165, 1.54) is 40.7 Å². The van der Waals surface area contributed by atoms with Gasteiger partial charge in [-0.2, -0.15) is 0 Å². The third-order valence-corrected chi connectivity index (χ3v) is 4.48. The Morgan fingerprint density at radius 2 is 1.60 bits per heavy atom. The van der Waals surface area contributed by atoms with Crippen LogP contribution in [0.4, 0.5) is 0 Å². The molecule has 3 rings (SSSR count). The predicted octanol–water partition coefficient (Wildman–Crippen LogP) is 4.60. The third kappa shape index (κ3) is 2.61. The average molecular weight is 288 g/mol. The Kier molecular flexibility index (Phi) is 4.22. The molecule has 0 radical (unpaired) electrons. The van der Waals surface area contributed by atoms with Gasteiger partial charge in [0.1, 0.15) is 0 Å². The number of nitrogens with one attached hydrogen (secondary N) is 1. The summed E-state index contributed by atoms with van der Waals surface area (Å²) < 4.78 is 0. The van der Waals surface area contributed by atoms with Crippen molar-refractivity contribution < 1.29 is 0 Å². The topological polar surface area (TPSA) is 12.0 Å². The second-order valence-electron chi connectivity index (χ2n) is 5.71. The number of aryl methyl sites for hydroxylation is 2. The highest BCUT2D eigenvalue weighted by Gasteiger charge is 2.42. The third-order valence-electron chi connectivity index (χ3n) is 4.48. The molecule has 1 N–H and O–H groups in total. The maximum Gasteiger partial charge on any atom is 0.0434 e. The molecule has 0 aromatic heterocycles. The number of hydrogen-bond acceptors (Lipinski definition) is 1. The second kappa shape index (κ2) is 5.59. The van der Waals surface area contributed by atoms with Gasteiger partial charge >= 0.3 is 0 Å². The molecule has 0 amide bonds. The van der Waals surface area contributed by atoms with Gasteiger partial charge in [0.2, 0.25) is 0 Å². The van der Waals surface area contributed by atoms with Crippen molar-refractivity contribution in [2.75, 3.05) is 7.05 Å². The fourth-order valence-corrected chi connectivity index (χ4v) is 2.73. The van der Waals surface area contributed by atoms with Crippen LogP contribution in [0.15, 0.2) is 42.5 Å². The smallest absolute Gasteiger partial charge is 0.0434 e. The van der Waals surface area contributed by atoms with Crippen molar-refractivity contribution in [1.29, 1.82) is 0 Å². The van der Waals surface area contributed by atoms with E-state index in [0.29, 0.717) is 0 Å². The Balaban J connectivity index is 0.00000147. The van der Waals surface area contributed by atoms with Crippen molar-refractivity contribution >= 4 is 12.4 Å². The van der Waals surface area contributed by atoms with Gasteiger partial charge in [-0.3, -0.25) is 0 Å². The van der Waals surface area contributed by atoms with Gasteiger partial charge < -0.3 is 5.32 Å². The lowest BCUT2D eigenvalue weighted by Gasteiger charge is -2.16. The van der Waals surface area contributed by atoms with Crippen molar-refractivity contribution in [2.45, 2.75) is 32.2 Å². The lowest BCUT2D eigenvalue weighted by Crippen LogP contribution is -2.24. The lowest BCUT2D eigenvalue weighted by molar-refractivity contribution is 0.586. The summed E-state index contributed by atoms with van der Waals surface area (Å²) in [6.07, 6.45) is 2.50. The summed E-state index contributed by atoms with van der Waals surface area (Å²) in [5, 5.41) is 3.47. The fourth-order valence-electron chi connectivity index (χ4n) is 2.73. The van der Waals surface area contributed by atoms with E-state index in [9.17, 15) is 0 Å². The predicted molar refractivity (Wildman–Crippen MR) is 88.6 cm³/mol. The first-order chi connectivity index (χ1) is 9.14. The van der Waals surface area contributed by atoms with Gasteiger partial charge in [0.05, 0.1) is 0 Å². The molecule has 2 aromatic carbocycles. The quantitative estimate of drug-likeness (QED) is 0.870. The van der Waals surface area contributed by atoms with Crippen molar-refractivity contribution in [3.63, 3.8) is 0 Å². The average Bonchev–Trinajstić information content (AvgIpc) is 3.23. The highest BCUT2D eigenvalue weighted by molar-refractivity contribution is 5.85. The molecule has 1 aliphatic rings. The molecule has 0 spiro atoms. The Bertz CT molecular complexity index is 615. The van der Waals surface area contributed by atoms with Crippen molar-refractivity contribution in [2.24, 2.45) is 0 Å². The number of halogens is 1. The van der Waals surface area contributed by atoms with Gasteiger partial charge in [-0.15, -0.1) is 12.4 Å². The van der Waals surface area contributed by atoms with Gasteiger partial charge in [-0.1, -0.05) is 36.4 Å². The molecule has 2 heteroatoms. The van der Waals surface area contributed by atoms with Gasteiger partial charge in [-0.25, -0.2) is 0 Å². The van der Waals surface area contributed by atoms with E-state index in [0.717, 1.165) is 0 Å². The highest BCUT2D eigenvalue weighted by atomic mass is 35.5.